The molecule has 0 amide bonds. The van der Waals surface area contributed by atoms with Gasteiger partial charge in [-0.1, -0.05) is 115 Å². The quantitative estimate of drug-likeness (QED) is 0.160. The van der Waals surface area contributed by atoms with E-state index in [1.807, 2.05) is 66.0 Å². The van der Waals surface area contributed by atoms with Crippen LogP contribution in [0.2, 0.25) is 0 Å². The molecule has 12 bridgehead atoms. The van der Waals surface area contributed by atoms with Gasteiger partial charge in [0, 0.05) is 28.6 Å². The molecule has 3 nitrogen and oxygen atoms in total. The van der Waals surface area contributed by atoms with E-state index >= 15 is 0 Å². The van der Waals surface area contributed by atoms with Crippen LogP contribution >= 0.6 is 35.1 Å². The Bertz CT molecular complexity index is 1870. The van der Waals surface area contributed by atoms with Gasteiger partial charge in [-0.15, -0.1) is 0 Å². The summed E-state index contributed by atoms with van der Waals surface area (Å²) in [5.74, 6) is 5.29. The Hall–Kier alpha value is -4.42. The van der Waals surface area contributed by atoms with Crippen LogP contribution in [-0.4, -0.2) is 5.24 Å². The van der Waals surface area contributed by atoms with Crippen LogP contribution in [-0.2, 0) is 36.2 Å². The molecule has 6 aromatic carbocycles. The average molecular weight is 699 g/mol. The largest absolute Gasteiger partial charge is 0.489 e. The smallest absolute Gasteiger partial charge is 0.253 e. The molecule has 6 heteroatoms. The molecular formula is C43H35ClO3S2. The SMILES string of the molecule is O=C(Cl)c1c2cccc1-c1ccc(cc1)CSCc1ccc(cc1)OCc1ccc(cc1)COc1ccc(cc1)CSCc1ccc-2cc1. The second-order valence-electron chi connectivity index (χ2n) is 12.1. The fraction of sp³-hybridized carbons (Fsp3) is 0.140. The topological polar surface area (TPSA) is 35.5 Å². The molecule has 0 fully saturated rings. The number of benzene rings is 6. The zero-order chi connectivity index (χ0) is 33.4. The molecule has 0 radical (unpaired) electrons. The minimum atomic E-state index is -0.455. The molecule has 6 aliphatic heterocycles. The van der Waals surface area contributed by atoms with Crippen LogP contribution in [0.15, 0.2) is 140 Å². The van der Waals surface area contributed by atoms with Crippen LogP contribution in [0.5, 0.6) is 11.5 Å². The highest BCUT2D eigenvalue weighted by molar-refractivity contribution is 7.97. The van der Waals surface area contributed by atoms with Crippen molar-refractivity contribution in [3.05, 3.63) is 178 Å². The molecule has 0 aliphatic carbocycles. The lowest BCUT2D eigenvalue weighted by atomic mass is 9.92. The van der Waals surface area contributed by atoms with Crippen LogP contribution in [0.4, 0.5) is 0 Å². The fourth-order valence-corrected chi connectivity index (χ4v) is 7.93. The van der Waals surface area contributed by atoms with E-state index in [9.17, 15) is 4.79 Å². The summed E-state index contributed by atoms with van der Waals surface area (Å²) in [4.78, 5) is 12.8. The second-order valence-corrected chi connectivity index (χ2v) is 14.4. The zero-order valence-corrected chi connectivity index (χ0v) is 29.3. The highest BCUT2D eigenvalue weighted by Crippen LogP contribution is 2.35. The average Bonchev–Trinajstić information content (AvgIpc) is 3.14. The Kier molecular flexibility index (Phi) is 10.7. The summed E-state index contributed by atoms with van der Waals surface area (Å²) in [5.41, 5.74) is 11.4. The first kappa shape index (κ1) is 33.1. The normalized spacial score (nSPS) is 13.6. The Morgan fingerprint density at radius 3 is 1.12 bits per heavy atom. The summed E-state index contributed by atoms with van der Waals surface area (Å²) in [7, 11) is 0. The van der Waals surface area contributed by atoms with Crippen LogP contribution in [0.25, 0.3) is 22.3 Å². The molecule has 0 saturated heterocycles. The summed E-state index contributed by atoms with van der Waals surface area (Å²) in [6.07, 6.45) is 0. The van der Waals surface area contributed by atoms with Gasteiger partial charge in [0.05, 0.1) is 0 Å². The van der Waals surface area contributed by atoms with Crippen molar-refractivity contribution >= 4 is 40.4 Å². The Labute approximate surface area is 301 Å². The van der Waals surface area contributed by atoms with E-state index in [0.717, 1.165) is 67.9 Å². The highest BCUT2D eigenvalue weighted by Gasteiger charge is 2.17. The first-order valence-corrected chi connectivity index (χ1v) is 18.9. The third-order valence-electron chi connectivity index (χ3n) is 8.55. The number of halogens is 1. The molecule has 6 aliphatic rings. The number of carbonyl (C=O) groups is 1. The molecule has 0 unspecified atom stereocenters. The second kappa shape index (κ2) is 15.9. The maximum absolute atomic E-state index is 12.8. The minimum absolute atomic E-state index is 0.455. The zero-order valence-electron chi connectivity index (χ0n) is 26.9. The predicted molar refractivity (Wildman–Crippen MR) is 205 cm³/mol. The van der Waals surface area contributed by atoms with Crippen LogP contribution in [0.3, 0.4) is 0 Å². The number of hydrogen-bond donors (Lipinski definition) is 0. The third-order valence-corrected chi connectivity index (χ3v) is 10.9. The molecule has 0 atom stereocenters. The van der Waals surface area contributed by atoms with E-state index in [1.54, 1.807) is 0 Å². The fourth-order valence-electron chi connectivity index (χ4n) is 5.81. The first-order valence-electron chi connectivity index (χ1n) is 16.3. The number of ether oxygens (including phenoxy) is 2. The molecule has 0 aromatic heterocycles. The number of fused-ring (bicyclic) bond motifs is 5. The van der Waals surface area contributed by atoms with Gasteiger partial charge >= 0.3 is 0 Å². The van der Waals surface area contributed by atoms with E-state index < -0.39 is 5.24 Å². The molecule has 0 N–H and O–H groups in total. The van der Waals surface area contributed by atoms with Gasteiger partial charge < -0.3 is 9.47 Å². The Morgan fingerprint density at radius 1 is 0.449 bits per heavy atom. The van der Waals surface area contributed by atoms with Crippen molar-refractivity contribution in [2.24, 2.45) is 0 Å². The van der Waals surface area contributed by atoms with E-state index in [0.29, 0.717) is 18.8 Å². The minimum Gasteiger partial charge on any atom is -0.489 e. The monoisotopic (exact) mass is 698 g/mol. The maximum atomic E-state index is 12.8. The van der Waals surface area contributed by atoms with Crippen molar-refractivity contribution in [2.45, 2.75) is 36.2 Å². The Morgan fingerprint density at radius 2 is 0.776 bits per heavy atom. The molecule has 244 valence electrons. The lowest BCUT2D eigenvalue weighted by molar-refractivity contribution is 0.108. The molecule has 0 saturated carbocycles. The number of rotatable bonds is 1. The first-order chi connectivity index (χ1) is 24.1. The predicted octanol–water partition coefficient (Wildman–Crippen LogP) is 11.7. The van der Waals surface area contributed by atoms with Crippen LogP contribution in [0, 0.1) is 0 Å². The highest BCUT2D eigenvalue weighted by atomic mass is 35.5. The summed E-state index contributed by atoms with van der Waals surface area (Å²) < 4.78 is 12.1. The number of thioether (sulfide) groups is 2. The van der Waals surface area contributed by atoms with Gasteiger partial charge in [0.2, 0.25) is 0 Å². The lowest BCUT2D eigenvalue weighted by Gasteiger charge is -2.14. The van der Waals surface area contributed by atoms with Crippen molar-refractivity contribution < 1.29 is 14.3 Å². The summed E-state index contributed by atoms with van der Waals surface area (Å²) in [6, 6.07) is 47.9. The maximum Gasteiger partial charge on any atom is 0.253 e. The molecule has 12 rings (SSSR count). The standard InChI is InChI=1S/C43H35ClO3S2/c44-43(45)42-40-2-1-3-41(42)37-18-10-33(11-19-37)27-49-29-35-14-22-39(23-15-35)47-25-31-6-4-30(5-7-31)24-46-38-20-12-34(13-21-38)28-48-26-32-8-16-36(40)17-9-32/h1-23H,24-29H2. The van der Waals surface area contributed by atoms with Crippen molar-refractivity contribution in [3.8, 4) is 33.8 Å². The summed E-state index contributed by atoms with van der Waals surface area (Å²) >= 11 is 9.99. The van der Waals surface area contributed by atoms with Crippen molar-refractivity contribution in [1.29, 1.82) is 0 Å². The van der Waals surface area contributed by atoms with Crippen molar-refractivity contribution in [1.82, 2.24) is 0 Å². The van der Waals surface area contributed by atoms with Gasteiger partial charge in [-0.2, -0.15) is 23.5 Å². The molecule has 49 heavy (non-hydrogen) atoms. The van der Waals surface area contributed by atoms with E-state index in [1.165, 1.54) is 22.3 Å². The third kappa shape index (κ3) is 8.60. The lowest BCUT2D eigenvalue weighted by Crippen LogP contribution is -1.98. The summed E-state index contributed by atoms with van der Waals surface area (Å²) in [5, 5.41) is -0.455. The van der Waals surface area contributed by atoms with Gasteiger partial charge in [0.25, 0.3) is 5.24 Å². The number of hydrogen-bond acceptors (Lipinski definition) is 5. The van der Waals surface area contributed by atoms with Crippen LogP contribution < -0.4 is 9.47 Å². The van der Waals surface area contributed by atoms with E-state index in [2.05, 4.69) is 97.1 Å². The van der Waals surface area contributed by atoms with Crippen LogP contribution in [0.1, 0.15) is 43.7 Å². The number of carbonyl (C=O) groups excluding carboxylic acids is 1. The Balaban J connectivity index is 1.11. The molecule has 6 aromatic rings. The van der Waals surface area contributed by atoms with E-state index in [-0.39, 0.29) is 0 Å². The van der Waals surface area contributed by atoms with Gasteiger partial charge in [0.15, 0.2) is 0 Å². The van der Waals surface area contributed by atoms with Gasteiger partial charge in [-0.05, 0) is 91.5 Å². The van der Waals surface area contributed by atoms with Gasteiger partial charge in [-0.25, -0.2) is 0 Å². The molecule has 6 heterocycles. The van der Waals surface area contributed by atoms with E-state index in [4.69, 9.17) is 21.1 Å². The van der Waals surface area contributed by atoms with Crippen molar-refractivity contribution in [2.75, 3.05) is 0 Å². The van der Waals surface area contributed by atoms with Gasteiger partial charge in [0.1, 0.15) is 24.7 Å². The van der Waals surface area contributed by atoms with Crippen molar-refractivity contribution in [3.63, 3.8) is 0 Å². The summed E-state index contributed by atoms with van der Waals surface area (Å²) in [6.45, 7) is 1.03. The molecule has 0 spiro atoms. The van der Waals surface area contributed by atoms with Gasteiger partial charge in [-0.3, -0.25) is 4.79 Å². The molecular weight excluding hydrogens is 664 g/mol.